The summed E-state index contributed by atoms with van der Waals surface area (Å²) >= 11 is 0. The van der Waals surface area contributed by atoms with Crippen LogP contribution >= 0.6 is 0 Å². The number of piperidine rings is 1. The van der Waals surface area contributed by atoms with Gasteiger partial charge in [0.2, 0.25) is 0 Å². The largest absolute Gasteiger partial charge is 0.493 e. The number of nitrogens with zero attached hydrogens (tertiary/aromatic N) is 1. The molecule has 1 aliphatic heterocycles. The van der Waals surface area contributed by atoms with Crippen molar-refractivity contribution in [1.29, 1.82) is 0 Å². The SMILES string of the molecule is Cc1ccc(NC(=O)N2CCC(CO)CC2)cc1OCCC(C)C. The molecule has 1 aromatic carbocycles. The maximum absolute atomic E-state index is 12.4. The fraction of sp³-hybridized carbons (Fsp3) is 0.632. The van der Waals surface area contributed by atoms with Gasteiger partial charge in [0.25, 0.3) is 0 Å². The third-order valence-corrected chi connectivity index (χ3v) is 4.55. The third-order valence-electron chi connectivity index (χ3n) is 4.55. The Bertz CT molecular complexity index is 537. The second-order valence-corrected chi connectivity index (χ2v) is 7.05. The number of aliphatic hydroxyl groups is 1. The van der Waals surface area contributed by atoms with Crippen LogP contribution in [0.15, 0.2) is 18.2 Å². The van der Waals surface area contributed by atoms with Gasteiger partial charge in [0.05, 0.1) is 6.61 Å². The highest BCUT2D eigenvalue weighted by Crippen LogP contribution is 2.24. The van der Waals surface area contributed by atoms with Gasteiger partial charge in [-0.25, -0.2) is 4.79 Å². The number of likely N-dealkylation sites (tertiary alicyclic amines) is 1. The van der Waals surface area contributed by atoms with E-state index < -0.39 is 0 Å². The van der Waals surface area contributed by atoms with Gasteiger partial charge in [-0.1, -0.05) is 19.9 Å². The molecule has 5 nitrogen and oxygen atoms in total. The number of hydrogen-bond acceptors (Lipinski definition) is 3. The molecule has 1 heterocycles. The van der Waals surface area contributed by atoms with Crippen molar-refractivity contribution < 1.29 is 14.6 Å². The van der Waals surface area contributed by atoms with Crippen LogP contribution in [0.25, 0.3) is 0 Å². The molecule has 5 heteroatoms. The van der Waals surface area contributed by atoms with Gasteiger partial charge in [-0.2, -0.15) is 0 Å². The Labute approximate surface area is 145 Å². The van der Waals surface area contributed by atoms with Crippen molar-refractivity contribution in [1.82, 2.24) is 4.90 Å². The van der Waals surface area contributed by atoms with Crippen LogP contribution in [-0.2, 0) is 0 Å². The molecule has 2 amide bonds. The third kappa shape index (κ3) is 5.41. The summed E-state index contributed by atoms with van der Waals surface area (Å²) in [5, 5.41) is 12.1. The van der Waals surface area contributed by atoms with Crippen LogP contribution in [0.2, 0.25) is 0 Å². The second kappa shape index (κ2) is 8.92. The smallest absolute Gasteiger partial charge is 0.321 e. The number of anilines is 1. The van der Waals surface area contributed by atoms with Crippen molar-refractivity contribution in [2.24, 2.45) is 11.8 Å². The van der Waals surface area contributed by atoms with Crippen molar-refractivity contribution >= 4 is 11.7 Å². The first-order valence-corrected chi connectivity index (χ1v) is 8.89. The maximum Gasteiger partial charge on any atom is 0.321 e. The minimum Gasteiger partial charge on any atom is -0.493 e. The number of carbonyl (C=O) groups is 1. The highest BCUT2D eigenvalue weighted by atomic mass is 16.5. The van der Waals surface area contributed by atoms with Crippen LogP contribution in [0.3, 0.4) is 0 Å². The first kappa shape index (κ1) is 18.6. The summed E-state index contributed by atoms with van der Waals surface area (Å²) in [5.41, 5.74) is 1.83. The summed E-state index contributed by atoms with van der Waals surface area (Å²) < 4.78 is 5.85. The average molecular weight is 334 g/mol. The van der Waals surface area contributed by atoms with E-state index in [0.717, 1.165) is 36.3 Å². The van der Waals surface area contributed by atoms with E-state index in [9.17, 15) is 9.90 Å². The topological polar surface area (TPSA) is 61.8 Å². The average Bonchev–Trinajstić information content (AvgIpc) is 2.57. The standard InChI is InChI=1S/C19H30N2O3/c1-14(2)8-11-24-18-12-17(5-4-15(18)3)20-19(23)21-9-6-16(13-22)7-10-21/h4-5,12,14,16,22H,6-11,13H2,1-3H3,(H,20,23). The van der Waals surface area contributed by atoms with E-state index in [1.54, 1.807) is 0 Å². The summed E-state index contributed by atoms with van der Waals surface area (Å²) in [6.07, 6.45) is 2.73. The van der Waals surface area contributed by atoms with Crippen LogP contribution in [-0.4, -0.2) is 42.3 Å². The first-order valence-electron chi connectivity index (χ1n) is 8.89. The van der Waals surface area contributed by atoms with E-state index in [1.807, 2.05) is 30.0 Å². The molecule has 0 bridgehead atoms. The van der Waals surface area contributed by atoms with E-state index in [2.05, 4.69) is 19.2 Å². The monoisotopic (exact) mass is 334 g/mol. The Morgan fingerprint density at radius 3 is 2.71 bits per heavy atom. The van der Waals surface area contributed by atoms with Crippen LogP contribution in [0, 0.1) is 18.8 Å². The zero-order valence-electron chi connectivity index (χ0n) is 15.0. The van der Waals surface area contributed by atoms with E-state index in [1.165, 1.54) is 0 Å². The molecule has 1 aliphatic rings. The molecule has 2 rings (SSSR count). The highest BCUT2D eigenvalue weighted by Gasteiger charge is 2.22. The molecule has 1 saturated heterocycles. The number of nitrogens with one attached hydrogen (secondary N) is 1. The van der Waals surface area contributed by atoms with Crippen molar-refractivity contribution in [2.75, 3.05) is 31.6 Å². The Balaban J connectivity index is 1.91. The lowest BCUT2D eigenvalue weighted by Crippen LogP contribution is -2.41. The fourth-order valence-corrected chi connectivity index (χ4v) is 2.76. The number of benzene rings is 1. The predicted molar refractivity (Wildman–Crippen MR) is 96.5 cm³/mol. The number of rotatable bonds is 6. The maximum atomic E-state index is 12.4. The molecule has 2 N–H and O–H groups in total. The molecule has 0 unspecified atom stereocenters. The molecule has 1 fully saturated rings. The van der Waals surface area contributed by atoms with Crippen molar-refractivity contribution in [3.05, 3.63) is 23.8 Å². The number of carbonyl (C=O) groups excluding carboxylic acids is 1. The van der Waals surface area contributed by atoms with Gasteiger partial charge < -0.3 is 20.1 Å². The molecule has 24 heavy (non-hydrogen) atoms. The zero-order valence-corrected chi connectivity index (χ0v) is 15.0. The van der Waals surface area contributed by atoms with Gasteiger partial charge in [-0.05, 0) is 49.7 Å². The lowest BCUT2D eigenvalue weighted by molar-refractivity contribution is 0.143. The minimum absolute atomic E-state index is 0.0802. The molecule has 0 saturated carbocycles. The molecular formula is C19H30N2O3. The van der Waals surface area contributed by atoms with Gasteiger partial charge in [-0.3, -0.25) is 0 Å². The van der Waals surface area contributed by atoms with E-state index >= 15 is 0 Å². The second-order valence-electron chi connectivity index (χ2n) is 7.05. The molecule has 1 aromatic rings. The van der Waals surface area contributed by atoms with Gasteiger partial charge in [0.1, 0.15) is 5.75 Å². The summed E-state index contributed by atoms with van der Waals surface area (Å²) in [6, 6.07) is 5.69. The molecule has 0 atom stereocenters. The van der Waals surface area contributed by atoms with Crippen molar-refractivity contribution in [2.45, 2.75) is 40.0 Å². The molecule has 0 aromatic heterocycles. The number of ether oxygens (including phenoxy) is 1. The molecular weight excluding hydrogens is 304 g/mol. The van der Waals surface area contributed by atoms with Crippen molar-refractivity contribution in [3.8, 4) is 5.75 Å². The predicted octanol–water partition coefficient (Wildman–Crippen LogP) is 3.66. The van der Waals surface area contributed by atoms with E-state index in [-0.39, 0.29) is 12.6 Å². The van der Waals surface area contributed by atoms with E-state index in [4.69, 9.17) is 4.74 Å². The van der Waals surface area contributed by atoms with Gasteiger partial charge in [0, 0.05) is 31.5 Å². The molecule has 0 spiro atoms. The molecule has 0 aliphatic carbocycles. The van der Waals surface area contributed by atoms with Gasteiger partial charge in [-0.15, -0.1) is 0 Å². The van der Waals surface area contributed by atoms with Crippen LogP contribution < -0.4 is 10.1 Å². The minimum atomic E-state index is -0.0802. The molecule has 134 valence electrons. The number of hydrogen-bond donors (Lipinski definition) is 2. The number of aryl methyl sites for hydroxylation is 1. The normalized spacial score (nSPS) is 15.6. The van der Waals surface area contributed by atoms with Crippen LogP contribution in [0.1, 0.15) is 38.7 Å². The van der Waals surface area contributed by atoms with Gasteiger partial charge >= 0.3 is 6.03 Å². The Kier molecular flexibility index (Phi) is 6.91. The Hall–Kier alpha value is -1.75. The van der Waals surface area contributed by atoms with E-state index in [0.29, 0.717) is 31.5 Å². The quantitative estimate of drug-likeness (QED) is 0.834. The van der Waals surface area contributed by atoms with Gasteiger partial charge in [0.15, 0.2) is 0 Å². The Morgan fingerprint density at radius 2 is 2.08 bits per heavy atom. The van der Waals surface area contributed by atoms with Crippen LogP contribution in [0.4, 0.5) is 10.5 Å². The van der Waals surface area contributed by atoms with Crippen molar-refractivity contribution in [3.63, 3.8) is 0 Å². The Morgan fingerprint density at radius 1 is 1.38 bits per heavy atom. The number of aliphatic hydroxyl groups excluding tert-OH is 1. The van der Waals surface area contributed by atoms with Crippen LogP contribution in [0.5, 0.6) is 5.75 Å². The lowest BCUT2D eigenvalue weighted by Gasteiger charge is -2.31. The number of amides is 2. The number of urea groups is 1. The zero-order chi connectivity index (χ0) is 17.5. The summed E-state index contributed by atoms with van der Waals surface area (Å²) in [6.45, 7) is 8.64. The first-order chi connectivity index (χ1) is 11.5. The fourth-order valence-electron chi connectivity index (χ4n) is 2.76. The lowest BCUT2D eigenvalue weighted by atomic mass is 9.98. The summed E-state index contributed by atoms with van der Waals surface area (Å²) in [7, 11) is 0. The summed E-state index contributed by atoms with van der Waals surface area (Å²) in [4.78, 5) is 14.2. The highest BCUT2D eigenvalue weighted by molar-refractivity contribution is 5.89. The molecule has 0 radical (unpaired) electrons. The summed E-state index contributed by atoms with van der Waals surface area (Å²) in [5.74, 6) is 1.76.